The molecule has 0 radical (unpaired) electrons. The van der Waals surface area contributed by atoms with Gasteiger partial charge in [-0.15, -0.1) is 0 Å². The molecule has 0 fully saturated rings. The Bertz CT molecular complexity index is 1310. The molecular formula is C23H21N3O6S. The van der Waals surface area contributed by atoms with Gasteiger partial charge in [0.25, 0.3) is 21.8 Å². The number of anilines is 2. The number of nitrogens with one attached hydrogen (secondary N) is 3. The second kappa shape index (κ2) is 9.21. The van der Waals surface area contributed by atoms with Crippen LogP contribution in [0.15, 0.2) is 71.6 Å². The molecule has 0 bridgehead atoms. The van der Waals surface area contributed by atoms with E-state index in [-0.39, 0.29) is 22.1 Å². The van der Waals surface area contributed by atoms with Gasteiger partial charge in [0, 0.05) is 24.4 Å². The number of carbonyl (C=O) groups is 2. The van der Waals surface area contributed by atoms with E-state index in [2.05, 4.69) is 15.4 Å². The third-order valence-electron chi connectivity index (χ3n) is 4.87. The van der Waals surface area contributed by atoms with Crippen molar-refractivity contribution >= 4 is 33.2 Å². The minimum atomic E-state index is -4.00. The van der Waals surface area contributed by atoms with E-state index in [1.807, 2.05) is 0 Å². The van der Waals surface area contributed by atoms with Gasteiger partial charge < -0.3 is 20.1 Å². The Kier molecular flexibility index (Phi) is 6.18. The van der Waals surface area contributed by atoms with E-state index < -0.39 is 15.9 Å². The quantitative estimate of drug-likeness (QED) is 0.512. The van der Waals surface area contributed by atoms with E-state index in [4.69, 9.17) is 9.47 Å². The molecule has 0 atom stereocenters. The summed E-state index contributed by atoms with van der Waals surface area (Å²) in [7, 11) is -2.51. The predicted molar refractivity (Wildman–Crippen MR) is 122 cm³/mol. The third-order valence-corrected chi connectivity index (χ3v) is 6.25. The highest BCUT2D eigenvalue weighted by molar-refractivity contribution is 7.92. The number of hydrogen-bond acceptors (Lipinski definition) is 6. The molecule has 9 nitrogen and oxygen atoms in total. The minimum Gasteiger partial charge on any atom is -0.486 e. The summed E-state index contributed by atoms with van der Waals surface area (Å²) in [5, 5.41) is 5.22. The summed E-state index contributed by atoms with van der Waals surface area (Å²) in [5.41, 5.74) is 1.06. The minimum absolute atomic E-state index is 0.0443. The van der Waals surface area contributed by atoms with Crippen molar-refractivity contribution in [3.05, 3.63) is 77.9 Å². The van der Waals surface area contributed by atoms with Gasteiger partial charge in [-0.1, -0.05) is 12.1 Å². The topological polar surface area (TPSA) is 123 Å². The molecule has 2 amide bonds. The Hall–Kier alpha value is -4.05. The zero-order valence-corrected chi connectivity index (χ0v) is 18.4. The van der Waals surface area contributed by atoms with Crippen LogP contribution in [0.4, 0.5) is 11.4 Å². The van der Waals surface area contributed by atoms with Crippen molar-refractivity contribution < 1.29 is 27.5 Å². The predicted octanol–water partition coefficient (Wildman–Crippen LogP) is 2.87. The van der Waals surface area contributed by atoms with Crippen LogP contribution in [-0.2, 0) is 10.0 Å². The SMILES string of the molecule is CNC(=O)c1ccc(S(=O)(=O)Nc2ccccc2C(=O)Nc2ccc3c(c2)OCCO3)cc1. The summed E-state index contributed by atoms with van der Waals surface area (Å²) in [6.45, 7) is 0.875. The van der Waals surface area contributed by atoms with E-state index >= 15 is 0 Å². The van der Waals surface area contributed by atoms with E-state index in [1.165, 1.54) is 43.4 Å². The lowest BCUT2D eigenvalue weighted by Crippen LogP contribution is -2.20. The number of benzene rings is 3. The Balaban J connectivity index is 1.54. The van der Waals surface area contributed by atoms with E-state index in [9.17, 15) is 18.0 Å². The lowest BCUT2D eigenvalue weighted by molar-refractivity contribution is 0.0962. The second-order valence-corrected chi connectivity index (χ2v) is 8.75. The summed E-state index contributed by atoms with van der Waals surface area (Å²) in [6.07, 6.45) is 0. The number of sulfonamides is 1. The van der Waals surface area contributed by atoms with Crippen LogP contribution >= 0.6 is 0 Å². The molecule has 0 saturated carbocycles. The molecule has 0 unspecified atom stereocenters. The second-order valence-electron chi connectivity index (χ2n) is 7.07. The fourth-order valence-corrected chi connectivity index (χ4v) is 4.30. The molecule has 0 aliphatic carbocycles. The van der Waals surface area contributed by atoms with Gasteiger partial charge in [-0.2, -0.15) is 0 Å². The Morgan fingerprint density at radius 3 is 2.27 bits per heavy atom. The van der Waals surface area contributed by atoms with Gasteiger partial charge in [0.15, 0.2) is 11.5 Å². The number of carbonyl (C=O) groups excluding carboxylic acids is 2. The molecule has 170 valence electrons. The average molecular weight is 468 g/mol. The van der Waals surface area contributed by atoms with Crippen LogP contribution in [0.25, 0.3) is 0 Å². The molecule has 0 spiro atoms. The van der Waals surface area contributed by atoms with Crippen molar-refractivity contribution in [3.63, 3.8) is 0 Å². The van der Waals surface area contributed by atoms with Crippen LogP contribution in [0.5, 0.6) is 11.5 Å². The summed E-state index contributed by atoms with van der Waals surface area (Å²) in [5.74, 6) is 0.288. The molecule has 3 aromatic carbocycles. The summed E-state index contributed by atoms with van der Waals surface area (Å²) < 4.78 is 39.2. The summed E-state index contributed by atoms with van der Waals surface area (Å²) in [6, 6.07) is 16.7. The summed E-state index contributed by atoms with van der Waals surface area (Å²) in [4.78, 5) is 24.6. The van der Waals surface area contributed by atoms with Crippen molar-refractivity contribution in [1.29, 1.82) is 0 Å². The highest BCUT2D eigenvalue weighted by Crippen LogP contribution is 2.33. The largest absolute Gasteiger partial charge is 0.486 e. The lowest BCUT2D eigenvalue weighted by atomic mass is 10.1. The first-order valence-corrected chi connectivity index (χ1v) is 11.5. The number of fused-ring (bicyclic) bond motifs is 1. The lowest BCUT2D eigenvalue weighted by Gasteiger charge is -2.19. The van der Waals surface area contributed by atoms with Gasteiger partial charge in [0.1, 0.15) is 13.2 Å². The van der Waals surface area contributed by atoms with Crippen LogP contribution in [0.1, 0.15) is 20.7 Å². The van der Waals surface area contributed by atoms with E-state index in [0.717, 1.165) is 0 Å². The maximum absolute atomic E-state index is 12.9. The molecule has 3 aromatic rings. The number of amides is 2. The first kappa shape index (κ1) is 22.2. The van der Waals surface area contributed by atoms with Crippen molar-refractivity contribution in [2.75, 3.05) is 30.3 Å². The first-order valence-electron chi connectivity index (χ1n) is 10.0. The van der Waals surface area contributed by atoms with Crippen molar-refractivity contribution in [2.24, 2.45) is 0 Å². The molecule has 0 saturated heterocycles. The van der Waals surface area contributed by atoms with Gasteiger partial charge in [-0.25, -0.2) is 8.42 Å². The standard InChI is InChI=1S/C23H21N3O6S/c1-24-22(27)15-6-9-17(10-7-15)33(29,30)26-19-5-3-2-4-18(19)23(28)25-16-8-11-20-21(14-16)32-13-12-31-20/h2-11,14,26H,12-13H2,1H3,(H,24,27)(H,25,28). The van der Waals surface area contributed by atoms with E-state index in [0.29, 0.717) is 36.0 Å². The molecule has 4 rings (SSSR count). The van der Waals surface area contributed by atoms with Crippen molar-refractivity contribution in [1.82, 2.24) is 5.32 Å². The van der Waals surface area contributed by atoms with Gasteiger partial charge in [-0.05, 0) is 48.5 Å². The van der Waals surface area contributed by atoms with Gasteiger partial charge in [0.05, 0.1) is 16.1 Å². The molecule has 1 heterocycles. The smallest absolute Gasteiger partial charge is 0.261 e. The fraction of sp³-hybridized carbons (Fsp3) is 0.130. The third kappa shape index (κ3) is 4.90. The zero-order chi connectivity index (χ0) is 23.4. The molecule has 1 aliphatic heterocycles. The molecule has 10 heteroatoms. The first-order chi connectivity index (χ1) is 15.9. The van der Waals surface area contributed by atoms with Crippen LogP contribution in [-0.4, -0.2) is 40.5 Å². The van der Waals surface area contributed by atoms with Crippen LogP contribution in [0.2, 0.25) is 0 Å². The Labute approximate surface area is 190 Å². The van der Waals surface area contributed by atoms with Crippen LogP contribution < -0.4 is 24.8 Å². The molecule has 33 heavy (non-hydrogen) atoms. The molecule has 3 N–H and O–H groups in total. The van der Waals surface area contributed by atoms with Crippen molar-refractivity contribution in [2.45, 2.75) is 4.90 Å². The molecular weight excluding hydrogens is 446 g/mol. The zero-order valence-electron chi connectivity index (χ0n) is 17.6. The van der Waals surface area contributed by atoms with Gasteiger partial charge >= 0.3 is 0 Å². The normalized spacial score (nSPS) is 12.5. The van der Waals surface area contributed by atoms with Crippen molar-refractivity contribution in [3.8, 4) is 11.5 Å². The number of para-hydroxylation sites is 1. The Morgan fingerprint density at radius 1 is 0.848 bits per heavy atom. The van der Waals surface area contributed by atoms with Crippen LogP contribution in [0, 0.1) is 0 Å². The number of hydrogen-bond donors (Lipinski definition) is 3. The number of ether oxygens (including phenoxy) is 2. The maximum Gasteiger partial charge on any atom is 0.261 e. The molecule has 1 aliphatic rings. The maximum atomic E-state index is 12.9. The Morgan fingerprint density at radius 2 is 1.55 bits per heavy atom. The highest BCUT2D eigenvalue weighted by atomic mass is 32.2. The van der Waals surface area contributed by atoms with E-state index in [1.54, 1.807) is 30.3 Å². The highest BCUT2D eigenvalue weighted by Gasteiger charge is 2.20. The van der Waals surface area contributed by atoms with Gasteiger partial charge in [0.2, 0.25) is 0 Å². The monoisotopic (exact) mass is 467 g/mol. The fourth-order valence-electron chi connectivity index (χ4n) is 3.22. The average Bonchev–Trinajstić information content (AvgIpc) is 2.83. The summed E-state index contributed by atoms with van der Waals surface area (Å²) >= 11 is 0. The molecule has 0 aromatic heterocycles. The van der Waals surface area contributed by atoms with Gasteiger partial charge in [-0.3, -0.25) is 14.3 Å². The number of rotatable bonds is 6. The van der Waals surface area contributed by atoms with Crippen LogP contribution in [0.3, 0.4) is 0 Å².